The van der Waals surface area contributed by atoms with Gasteiger partial charge in [0.2, 0.25) is 5.91 Å². The largest absolute Gasteiger partial charge is 0.497 e. The first-order chi connectivity index (χ1) is 14.0. The van der Waals surface area contributed by atoms with Crippen molar-refractivity contribution in [1.29, 1.82) is 0 Å². The molecule has 3 rings (SSSR count). The number of hydrogen-bond donors (Lipinski definition) is 1. The number of ether oxygens (including phenoxy) is 4. The molecule has 2 aromatic carbocycles. The van der Waals surface area contributed by atoms with Crippen LogP contribution in [0.25, 0.3) is 0 Å². The minimum atomic E-state index is -3.61. The number of benzene rings is 2. The van der Waals surface area contributed by atoms with Gasteiger partial charge < -0.3 is 24.3 Å². The summed E-state index contributed by atoms with van der Waals surface area (Å²) in [6.07, 6.45) is -0.143. The van der Waals surface area contributed by atoms with Crippen LogP contribution < -0.4 is 24.3 Å². The van der Waals surface area contributed by atoms with E-state index in [2.05, 4.69) is 5.32 Å². The maximum absolute atomic E-state index is 12.5. The van der Waals surface area contributed by atoms with Crippen molar-refractivity contribution in [2.24, 2.45) is 0 Å². The first-order valence-electron chi connectivity index (χ1n) is 9.14. The van der Waals surface area contributed by atoms with Gasteiger partial charge in [-0.05, 0) is 24.3 Å². The van der Waals surface area contributed by atoms with Gasteiger partial charge in [-0.3, -0.25) is 4.79 Å². The Labute approximate surface area is 169 Å². The molecule has 0 bridgehead atoms. The first-order valence-corrected chi connectivity index (χ1v) is 10.8. The Hall–Kier alpha value is -2.94. The van der Waals surface area contributed by atoms with Crippen LogP contribution in [0.4, 0.5) is 0 Å². The number of hydrogen-bond acceptors (Lipinski definition) is 7. The zero-order valence-electron chi connectivity index (χ0n) is 16.1. The summed E-state index contributed by atoms with van der Waals surface area (Å²) in [5, 5.41) is 2.65. The standard InChI is InChI=1S/C20H23NO7S/c1-25-15-3-2-4-16(13-15)26-9-8-21-20(22)7-12-29(23,24)17-5-6-18-19(14-17)28-11-10-27-18/h2-6,13-14H,7-12H2,1H3,(H,21,22). The van der Waals surface area contributed by atoms with Gasteiger partial charge in [0, 0.05) is 18.6 Å². The zero-order valence-corrected chi connectivity index (χ0v) is 16.9. The molecule has 1 amide bonds. The molecular formula is C20H23NO7S. The summed E-state index contributed by atoms with van der Waals surface area (Å²) in [7, 11) is -2.04. The molecule has 0 fully saturated rings. The Bertz CT molecular complexity index is 959. The fourth-order valence-electron chi connectivity index (χ4n) is 2.70. The molecule has 0 spiro atoms. The topological polar surface area (TPSA) is 100 Å². The minimum absolute atomic E-state index is 0.107. The van der Waals surface area contributed by atoms with E-state index in [1.54, 1.807) is 37.4 Å². The summed E-state index contributed by atoms with van der Waals surface area (Å²) in [6.45, 7) is 1.32. The quantitative estimate of drug-likeness (QED) is 0.617. The lowest BCUT2D eigenvalue weighted by atomic mass is 10.3. The van der Waals surface area contributed by atoms with Crippen LogP contribution in [0.3, 0.4) is 0 Å². The number of sulfone groups is 1. The number of amides is 1. The molecule has 1 N–H and O–H groups in total. The summed E-state index contributed by atoms with van der Waals surface area (Å²) in [4.78, 5) is 12.1. The third-order valence-electron chi connectivity index (χ3n) is 4.20. The van der Waals surface area contributed by atoms with E-state index >= 15 is 0 Å². The van der Waals surface area contributed by atoms with E-state index in [4.69, 9.17) is 18.9 Å². The second kappa shape index (κ2) is 9.51. The summed E-state index contributed by atoms with van der Waals surface area (Å²) < 4.78 is 46.4. The number of rotatable bonds is 9. The number of fused-ring (bicyclic) bond motifs is 1. The predicted molar refractivity (Wildman–Crippen MR) is 106 cm³/mol. The number of nitrogens with one attached hydrogen (secondary N) is 1. The third-order valence-corrected chi connectivity index (χ3v) is 5.92. The highest BCUT2D eigenvalue weighted by molar-refractivity contribution is 7.91. The Balaban J connectivity index is 1.43. The Morgan fingerprint density at radius 3 is 2.62 bits per heavy atom. The summed E-state index contributed by atoms with van der Waals surface area (Å²) >= 11 is 0. The van der Waals surface area contributed by atoms with Crippen molar-refractivity contribution in [3.05, 3.63) is 42.5 Å². The number of methoxy groups -OCH3 is 1. The van der Waals surface area contributed by atoms with Crippen molar-refractivity contribution in [1.82, 2.24) is 5.32 Å². The highest BCUT2D eigenvalue weighted by atomic mass is 32.2. The van der Waals surface area contributed by atoms with Crippen molar-refractivity contribution in [2.45, 2.75) is 11.3 Å². The summed E-state index contributed by atoms with van der Waals surface area (Å²) in [5.41, 5.74) is 0. The Kier molecular flexibility index (Phi) is 6.82. The van der Waals surface area contributed by atoms with Crippen molar-refractivity contribution < 1.29 is 32.2 Å². The lowest BCUT2D eigenvalue weighted by Crippen LogP contribution is -2.29. The maximum atomic E-state index is 12.5. The molecule has 0 unspecified atom stereocenters. The van der Waals surface area contributed by atoms with E-state index in [0.29, 0.717) is 36.2 Å². The Morgan fingerprint density at radius 2 is 1.83 bits per heavy atom. The van der Waals surface area contributed by atoms with E-state index in [1.807, 2.05) is 0 Å². The third kappa shape index (κ3) is 5.77. The smallest absolute Gasteiger partial charge is 0.221 e. The lowest BCUT2D eigenvalue weighted by molar-refractivity contribution is -0.120. The van der Waals surface area contributed by atoms with Gasteiger partial charge in [-0.25, -0.2) is 8.42 Å². The molecule has 0 radical (unpaired) electrons. The van der Waals surface area contributed by atoms with Crippen molar-refractivity contribution >= 4 is 15.7 Å². The van der Waals surface area contributed by atoms with Gasteiger partial charge in [-0.15, -0.1) is 0 Å². The van der Waals surface area contributed by atoms with Crippen molar-refractivity contribution in [3.63, 3.8) is 0 Å². The average Bonchev–Trinajstić information content (AvgIpc) is 2.75. The summed E-state index contributed by atoms with van der Waals surface area (Å²) in [6, 6.07) is 11.6. The molecule has 9 heteroatoms. The van der Waals surface area contributed by atoms with Crippen LogP contribution in [-0.4, -0.2) is 53.6 Å². The first kappa shape index (κ1) is 20.8. The molecule has 1 heterocycles. The monoisotopic (exact) mass is 421 g/mol. The van der Waals surface area contributed by atoms with Crippen LogP contribution in [0.15, 0.2) is 47.4 Å². The molecule has 1 aliphatic rings. The van der Waals surface area contributed by atoms with Gasteiger partial charge in [0.25, 0.3) is 0 Å². The SMILES string of the molecule is COc1cccc(OCCNC(=O)CCS(=O)(=O)c2ccc3c(c2)OCCO3)c1. The molecule has 0 saturated heterocycles. The van der Waals surface area contributed by atoms with Gasteiger partial charge in [-0.2, -0.15) is 0 Å². The molecule has 2 aromatic rings. The van der Waals surface area contributed by atoms with E-state index in [0.717, 1.165) is 0 Å². The molecule has 0 aliphatic carbocycles. The van der Waals surface area contributed by atoms with E-state index in [-0.39, 0.29) is 36.1 Å². The predicted octanol–water partition coefficient (Wildman–Crippen LogP) is 1.83. The van der Waals surface area contributed by atoms with Crippen LogP contribution in [0, 0.1) is 0 Å². The summed E-state index contributed by atoms with van der Waals surface area (Å²) in [5.74, 6) is 1.56. The van der Waals surface area contributed by atoms with Crippen molar-refractivity contribution in [2.75, 3.05) is 39.2 Å². The molecule has 8 nitrogen and oxygen atoms in total. The van der Waals surface area contributed by atoms with Gasteiger partial charge in [0.15, 0.2) is 21.3 Å². The molecule has 1 aliphatic heterocycles. The lowest BCUT2D eigenvalue weighted by Gasteiger charge is -2.18. The van der Waals surface area contributed by atoms with Gasteiger partial charge in [-0.1, -0.05) is 6.07 Å². The van der Waals surface area contributed by atoms with Crippen molar-refractivity contribution in [3.8, 4) is 23.0 Å². The highest BCUT2D eigenvalue weighted by Gasteiger charge is 2.20. The maximum Gasteiger partial charge on any atom is 0.221 e. The second-order valence-corrected chi connectivity index (χ2v) is 8.36. The van der Waals surface area contributed by atoms with Gasteiger partial charge >= 0.3 is 0 Å². The molecule has 0 aromatic heterocycles. The van der Waals surface area contributed by atoms with E-state index in [1.165, 1.54) is 12.1 Å². The number of carbonyl (C=O) groups excluding carboxylic acids is 1. The second-order valence-electron chi connectivity index (χ2n) is 6.25. The van der Waals surface area contributed by atoms with Crippen LogP contribution in [0.1, 0.15) is 6.42 Å². The fourth-order valence-corrected chi connectivity index (χ4v) is 3.95. The number of carbonyl (C=O) groups is 1. The average molecular weight is 421 g/mol. The highest BCUT2D eigenvalue weighted by Crippen LogP contribution is 2.32. The van der Waals surface area contributed by atoms with Crippen LogP contribution in [-0.2, 0) is 14.6 Å². The molecule has 29 heavy (non-hydrogen) atoms. The van der Waals surface area contributed by atoms with E-state index in [9.17, 15) is 13.2 Å². The van der Waals surface area contributed by atoms with Crippen LogP contribution in [0.5, 0.6) is 23.0 Å². The minimum Gasteiger partial charge on any atom is -0.497 e. The Morgan fingerprint density at radius 1 is 1.07 bits per heavy atom. The molecular weight excluding hydrogens is 398 g/mol. The molecule has 0 atom stereocenters. The zero-order chi connectivity index (χ0) is 20.7. The van der Waals surface area contributed by atoms with Gasteiger partial charge in [0.1, 0.15) is 31.3 Å². The van der Waals surface area contributed by atoms with Crippen LogP contribution >= 0.6 is 0 Å². The molecule has 0 saturated carbocycles. The van der Waals surface area contributed by atoms with E-state index < -0.39 is 9.84 Å². The van der Waals surface area contributed by atoms with Gasteiger partial charge in [0.05, 0.1) is 24.3 Å². The fraction of sp³-hybridized carbons (Fsp3) is 0.350. The van der Waals surface area contributed by atoms with Crippen LogP contribution in [0.2, 0.25) is 0 Å². The normalized spacial score (nSPS) is 12.9. The molecule has 156 valence electrons.